The van der Waals surface area contributed by atoms with Crippen LogP contribution in [0.3, 0.4) is 0 Å². The molecule has 1 heterocycles. The summed E-state index contributed by atoms with van der Waals surface area (Å²) in [5.41, 5.74) is 1.75. The van der Waals surface area contributed by atoms with E-state index in [0.29, 0.717) is 15.6 Å². The van der Waals surface area contributed by atoms with Crippen LogP contribution >= 0.6 is 23.8 Å². The van der Waals surface area contributed by atoms with Gasteiger partial charge in [-0.2, -0.15) is 14.9 Å². The molecule has 104 valence electrons. The number of hydrogen-bond donors (Lipinski definition) is 1. The van der Waals surface area contributed by atoms with Crippen molar-refractivity contribution in [2.75, 3.05) is 0 Å². The Kier molecular flexibility index (Phi) is 3.94. The summed E-state index contributed by atoms with van der Waals surface area (Å²) in [7, 11) is 0. The fraction of sp³-hybridized carbons (Fsp3) is 0. The van der Waals surface area contributed by atoms with Crippen molar-refractivity contribution >= 4 is 30.0 Å². The standard InChI is InChI=1S/C15H11ClN4S/c16-13-9-5-4-8-12(13)10-17-20-14(18-19-15(20)21)11-6-2-1-3-7-11/h1-10H,(H,19,21). The van der Waals surface area contributed by atoms with Crippen LogP contribution in [0.1, 0.15) is 5.56 Å². The van der Waals surface area contributed by atoms with Crippen LogP contribution in [0.15, 0.2) is 59.7 Å². The number of nitrogens with one attached hydrogen (secondary N) is 1. The van der Waals surface area contributed by atoms with Crippen molar-refractivity contribution in [3.05, 3.63) is 70.0 Å². The maximum Gasteiger partial charge on any atom is 0.216 e. The highest BCUT2D eigenvalue weighted by atomic mass is 35.5. The first-order valence-electron chi connectivity index (χ1n) is 6.27. The summed E-state index contributed by atoms with van der Waals surface area (Å²) >= 11 is 11.3. The second kappa shape index (κ2) is 6.03. The fourth-order valence-corrected chi connectivity index (χ4v) is 2.24. The summed E-state index contributed by atoms with van der Waals surface area (Å²) in [6.45, 7) is 0. The second-order valence-electron chi connectivity index (χ2n) is 4.30. The maximum atomic E-state index is 6.11. The summed E-state index contributed by atoms with van der Waals surface area (Å²) < 4.78 is 2.01. The molecule has 0 unspecified atom stereocenters. The van der Waals surface area contributed by atoms with E-state index in [9.17, 15) is 0 Å². The van der Waals surface area contributed by atoms with E-state index < -0.39 is 0 Å². The minimum absolute atomic E-state index is 0.428. The van der Waals surface area contributed by atoms with Crippen LogP contribution < -0.4 is 0 Å². The monoisotopic (exact) mass is 314 g/mol. The number of aromatic amines is 1. The van der Waals surface area contributed by atoms with Crippen molar-refractivity contribution in [2.24, 2.45) is 5.10 Å². The van der Waals surface area contributed by atoms with Gasteiger partial charge in [-0.3, -0.25) is 0 Å². The number of rotatable bonds is 3. The predicted octanol–water partition coefficient (Wildman–Crippen LogP) is 4.14. The Bertz CT molecular complexity index is 836. The molecular formula is C15H11ClN4S. The topological polar surface area (TPSA) is 46.0 Å². The smallest absolute Gasteiger partial charge is 0.216 e. The zero-order valence-corrected chi connectivity index (χ0v) is 12.5. The van der Waals surface area contributed by atoms with Crippen LogP contribution in [0, 0.1) is 4.77 Å². The second-order valence-corrected chi connectivity index (χ2v) is 5.09. The predicted molar refractivity (Wildman–Crippen MR) is 87.3 cm³/mol. The van der Waals surface area contributed by atoms with E-state index >= 15 is 0 Å². The first-order valence-corrected chi connectivity index (χ1v) is 7.06. The largest absolute Gasteiger partial charge is 0.250 e. The number of hydrogen-bond acceptors (Lipinski definition) is 3. The molecule has 0 spiro atoms. The molecule has 0 amide bonds. The summed E-state index contributed by atoms with van der Waals surface area (Å²) in [6.07, 6.45) is 1.67. The Labute approximate surface area is 131 Å². The minimum atomic E-state index is 0.428. The lowest BCUT2D eigenvalue weighted by Crippen LogP contribution is -1.95. The van der Waals surface area contributed by atoms with Crippen LogP contribution in [-0.4, -0.2) is 21.1 Å². The lowest BCUT2D eigenvalue weighted by molar-refractivity contribution is 0.871. The zero-order valence-electron chi connectivity index (χ0n) is 10.9. The van der Waals surface area contributed by atoms with E-state index in [2.05, 4.69) is 15.3 Å². The van der Waals surface area contributed by atoms with E-state index in [1.165, 1.54) is 0 Å². The zero-order chi connectivity index (χ0) is 14.7. The first kappa shape index (κ1) is 13.7. The normalized spacial score (nSPS) is 11.1. The third-order valence-electron chi connectivity index (χ3n) is 2.90. The number of H-pyrrole nitrogens is 1. The summed E-state index contributed by atoms with van der Waals surface area (Å²) in [5.74, 6) is 0.656. The SMILES string of the molecule is S=c1[nH]nc(-c2ccccc2)n1N=Cc1ccccc1Cl. The Balaban J connectivity index is 2.02. The number of nitrogens with zero attached hydrogens (tertiary/aromatic N) is 3. The lowest BCUT2D eigenvalue weighted by Gasteiger charge is -2.01. The van der Waals surface area contributed by atoms with Crippen molar-refractivity contribution in [3.63, 3.8) is 0 Å². The lowest BCUT2D eigenvalue weighted by atomic mass is 10.2. The van der Waals surface area contributed by atoms with Gasteiger partial charge in [0.2, 0.25) is 4.77 Å². The van der Waals surface area contributed by atoms with E-state index in [-0.39, 0.29) is 0 Å². The molecule has 0 aliphatic carbocycles. The van der Waals surface area contributed by atoms with E-state index in [4.69, 9.17) is 23.8 Å². The van der Waals surface area contributed by atoms with Gasteiger partial charge in [0, 0.05) is 16.1 Å². The van der Waals surface area contributed by atoms with Crippen LogP contribution in [0.25, 0.3) is 11.4 Å². The van der Waals surface area contributed by atoms with Gasteiger partial charge in [-0.15, -0.1) is 0 Å². The van der Waals surface area contributed by atoms with Crippen molar-refractivity contribution in [3.8, 4) is 11.4 Å². The minimum Gasteiger partial charge on any atom is -0.250 e. The molecule has 1 N–H and O–H groups in total. The molecule has 21 heavy (non-hydrogen) atoms. The van der Waals surface area contributed by atoms with E-state index in [1.54, 1.807) is 10.9 Å². The third-order valence-corrected chi connectivity index (χ3v) is 3.51. The number of aromatic nitrogens is 3. The van der Waals surface area contributed by atoms with E-state index in [0.717, 1.165) is 11.1 Å². The summed E-state index contributed by atoms with van der Waals surface area (Å²) in [6, 6.07) is 17.2. The van der Waals surface area contributed by atoms with Crippen molar-refractivity contribution in [2.45, 2.75) is 0 Å². The Morgan fingerprint density at radius 2 is 1.81 bits per heavy atom. The molecule has 0 saturated carbocycles. The highest BCUT2D eigenvalue weighted by molar-refractivity contribution is 7.71. The molecule has 0 atom stereocenters. The summed E-state index contributed by atoms with van der Waals surface area (Å²) in [5, 5.41) is 12.0. The molecule has 0 bridgehead atoms. The number of benzene rings is 2. The quantitative estimate of drug-likeness (QED) is 0.583. The molecule has 0 aliphatic rings. The van der Waals surface area contributed by atoms with Gasteiger partial charge >= 0.3 is 0 Å². The van der Waals surface area contributed by atoms with Crippen LogP contribution in [0.2, 0.25) is 5.02 Å². The third kappa shape index (κ3) is 2.94. The summed E-state index contributed by atoms with van der Waals surface area (Å²) in [4.78, 5) is 0. The molecule has 2 aromatic carbocycles. The average Bonchev–Trinajstić information content (AvgIpc) is 2.88. The molecule has 3 rings (SSSR count). The number of halogens is 1. The van der Waals surface area contributed by atoms with E-state index in [1.807, 2.05) is 54.6 Å². The highest BCUT2D eigenvalue weighted by Crippen LogP contribution is 2.17. The fourth-order valence-electron chi connectivity index (χ4n) is 1.87. The molecular weight excluding hydrogens is 304 g/mol. The van der Waals surface area contributed by atoms with Crippen LogP contribution in [0.5, 0.6) is 0 Å². The molecule has 0 aliphatic heterocycles. The Morgan fingerprint density at radius 3 is 2.57 bits per heavy atom. The van der Waals surface area contributed by atoms with Gasteiger partial charge in [0.15, 0.2) is 5.82 Å². The maximum absolute atomic E-state index is 6.11. The Morgan fingerprint density at radius 1 is 1.10 bits per heavy atom. The molecule has 6 heteroatoms. The molecule has 3 aromatic rings. The van der Waals surface area contributed by atoms with Gasteiger partial charge in [0.05, 0.1) is 6.21 Å². The van der Waals surface area contributed by atoms with Crippen molar-refractivity contribution in [1.29, 1.82) is 0 Å². The van der Waals surface area contributed by atoms with Gasteiger partial charge in [0.25, 0.3) is 0 Å². The van der Waals surface area contributed by atoms with Gasteiger partial charge in [-0.1, -0.05) is 60.1 Å². The molecule has 0 radical (unpaired) electrons. The van der Waals surface area contributed by atoms with Crippen molar-refractivity contribution < 1.29 is 0 Å². The van der Waals surface area contributed by atoms with Gasteiger partial charge < -0.3 is 0 Å². The highest BCUT2D eigenvalue weighted by Gasteiger charge is 2.07. The van der Waals surface area contributed by atoms with Crippen LogP contribution in [-0.2, 0) is 0 Å². The molecule has 0 saturated heterocycles. The van der Waals surface area contributed by atoms with Crippen molar-refractivity contribution in [1.82, 2.24) is 14.9 Å². The molecule has 4 nitrogen and oxygen atoms in total. The average molecular weight is 315 g/mol. The van der Waals surface area contributed by atoms with Gasteiger partial charge in [0.1, 0.15) is 0 Å². The van der Waals surface area contributed by atoms with Crippen LogP contribution in [0.4, 0.5) is 0 Å². The first-order chi connectivity index (χ1) is 10.3. The molecule has 1 aromatic heterocycles. The Hall–Kier alpha value is -2.24. The van der Waals surface area contributed by atoms with Gasteiger partial charge in [-0.05, 0) is 18.3 Å². The van der Waals surface area contributed by atoms with Gasteiger partial charge in [-0.25, -0.2) is 5.10 Å². The molecule has 0 fully saturated rings.